The normalized spacial score (nSPS) is 20.9. The summed E-state index contributed by atoms with van der Waals surface area (Å²) in [5, 5.41) is 25.9. The number of nitrogens with zero attached hydrogens (tertiary/aromatic N) is 6. The Kier molecular flexibility index (Phi) is 10.4. The van der Waals surface area contributed by atoms with Crippen LogP contribution >= 0.6 is 11.6 Å². The smallest absolute Gasteiger partial charge is 0.309 e. The number of aliphatic hydroxyl groups excluding tert-OH is 1. The molecule has 2 amide bonds. The van der Waals surface area contributed by atoms with E-state index in [1.165, 1.54) is 0 Å². The van der Waals surface area contributed by atoms with Gasteiger partial charge in [0.2, 0.25) is 0 Å². The molecule has 4 aromatic rings. The molecule has 4 N–H and O–H groups in total. The maximum Gasteiger partial charge on any atom is 0.309 e. The van der Waals surface area contributed by atoms with Crippen LogP contribution in [-0.2, 0) is 44.8 Å². The minimum Gasteiger partial charge on any atom is -0.481 e. The van der Waals surface area contributed by atoms with Crippen LogP contribution in [0.15, 0.2) is 36.4 Å². The summed E-state index contributed by atoms with van der Waals surface area (Å²) in [4.78, 5) is 53.1. The molecule has 1 aliphatic carbocycles. The Morgan fingerprint density at radius 1 is 0.889 bits per heavy atom. The number of carboxylic acids is 1. The van der Waals surface area contributed by atoms with Crippen LogP contribution in [0.25, 0.3) is 11.1 Å². The van der Waals surface area contributed by atoms with Gasteiger partial charge < -0.3 is 30.0 Å². The summed E-state index contributed by atoms with van der Waals surface area (Å²) < 4.78 is 3.72. The van der Waals surface area contributed by atoms with E-state index in [1.807, 2.05) is 67.4 Å². The van der Waals surface area contributed by atoms with Gasteiger partial charge in [0.05, 0.1) is 33.6 Å². The van der Waals surface area contributed by atoms with E-state index in [0.717, 1.165) is 72.7 Å². The van der Waals surface area contributed by atoms with E-state index in [0.29, 0.717) is 72.1 Å². The Bertz CT molecular complexity index is 2110. The summed E-state index contributed by atoms with van der Waals surface area (Å²) in [6.45, 7) is 8.92. The second-order valence-electron chi connectivity index (χ2n) is 15.5. The number of hydrogen-bond acceptors (Lipinski definition) is 8. The second kappa shape index (κ2) is 14.9. The number of imidazole rings is 2. The fourth-order valence-electron chi connectivity index (χ4n) is 8.45. The molecule has 0 radical (unpaired) electrons. The molecule has 7 rings (SSSR count). The Balaban J connectivity index is 1.05. The molecule has 4 heterocycles. The number of anilines is 2. The van der Waals surface area contributed by atoms with E-state index in [1.54, 1.807) is 13.0 Å². The zero-order chi connectivity index (χ0) is 38.5. The van der Waals surface area contributed by atoms with Crippen LogP contribution in [0.3, 0.4) is 0 Å². The van der Waals surface area contributed by atoms with Gasteiger partial charge in [0.1, 0.15) is 0 Å². The molecule has 3 aliphatic rings. The first-order chi connectivity index (χ1) is 25.7. The Morgan fingerprint density at radius 3 is 2.06 bits per heavy atom. The van der Waals surface area contributed by atoms with Crippen LogP contribution in [0.2, 0.25) is 5.02 Å². The van der Waals surface area contributed by atoms with Gasteiger partial charge in [-0.05, 0) is 69.7 Å². The lowest BCUT2D eigenvalue weighted by molar-refractivity contribution is -0.150. The predicted molar refractivity (Wildman–Crippen MR) is 207 cm³/mol. The summed E-state index contributed by atoms with van der Waals surface area (Å²) in [6.07, 6.45) is 4.04. The van der Waals surface area contributed by atoms with E-state index in [4.69, 9.17) is 21.6 Å². The van der Waals surface area contributed by atoms with Crippen molar-refractivity contribution in [1.29, 1.82) is 0 Å². The van der Waals surface area contributed by atoms with E-state index >= 15 is 0 Å². The van der Waals surface area contributed by atoms with Gasteiger partial charge in [0.25, 0.3) is 11.8 Å². The summed E-state index contributed by atoms with van der Waals surface area (Å²) >= 11 is 7.00. The van der Waals surface area contributed by atoms with E-state index in [2.05, 4.69) is 20.4 Å². The SMILES string of the molecule is Cc1c(NC(=O)c2nc3c(n2C)CCN(CC(C)O)C3)cccc1-c1cccc(NC(=O)c2nc3c(n2C)CCN(C2CCC(C)(C(=O)O)CC2)C3)c1Cl. The van der Waals surface area contributed by atoms with Gasteiger partial charge >= 0.3 is 5.97 Å². The van der Waals surface area contributed by atoms with E-state index in [-0.39, 0.29) is 11.8 Å². The number of benzene rings is 2. The minimum absolute atomic E-state index is 0.301. The molecule has 0 spiro atoms. The third-order valence-corrected chi connectivity index (χ3v) is 12.2. The molecule has 0 saturated heterocycles. The molecule has 14 heteroatoms. The first-order valence-corrected chi connectivity index (χ1v) is 19.1. The monoisotopic (exact) mass is 756 g/mol. The Labute approximate surface area is 320 Å². The molecule has 0 bridgehead atoms. The maximum absolute atomic E-state index is 13.7. The summed E-state index contributed by atoms with van der Waals surface area (Å²) in [7, 11) is 3.72. The van der Waals surface area contributed by atoms with Crippen LogP contribution in [-0.4, -0.2) is 88.7 Å². The summed E-state index contributed by atoms with van der Waals surface area (Å²) in [6, 6.07) is 11.4. The number of hydrogen-bond donors (Lipinski definition) is 4. The third kappa shape index (κ3) is 7.17. The van der Waals surface area contributed by atoms with Gasteiger partial charge in [-0.25, -0.2) is 9.97 Å². The molecule has 54 heavy (non-hydrogen) atoms. The second-order valence-corrected chi connectivity index (χ2v) is 15.9. The molecular weight excluding hydrogens is 708 g/mol. The van der Waals surface area contributed by atoms with Crippen molar-refractivity contribution in [2.45, 2.75) is 84.5 Å². The minimum atomic E-state index is -0.720. The van der Waals surface area contributed by atoms with Crippen LogP contribution < -0.4 is 10.6 Å². The number of aromatic nitrogens is 4. The van der Waals surface area contributed by atoms with Crippen LogP contribution in [0.5, 0.6) is 0 Å². The zero-order valence-corrected chi connectivity index (χ0v) is 32.3. The van der Waals surface area contributed by atoms with Crippen LogP contribution in [0, 0.1) is 12.3 Å². The first-order valence-electron chi connectivity index (χ1n) is 18.7. The first kappa shape index (κ1) is 37.7. The van der Waals surface area contributed by atoms with Crippen molar-refractivity contribution in [2.75, 3.05) is 30.3 Å². The van der Waals surface area contributed by atoms with Gasteiger partial charge in [0, 0.05) is 88.3 Å². The van der Waals surface area contributed by atoms with Gasteiger partial charge in [0.15, 0.2) is 11.6 Å². The summed E-state index contributed by atoms with van der Waals surface area (Å²) in [5.41, 5.74) is 6.51. The van der Waals surface area contributed by atoms with Crippen molar-refractivity contribution < 1.29 is 24.6 Å². The van der Waals surface area contributed by atoms with Crippen LogP contribution in [0.1, 0.15) is 89.1 Å². The van der Waals surface area contributed by atoms with Gasteiger partial charge in [-0.1, -0.05) is 35.9 Å². The number of halogens is 1. The lowest BCUT2D eigenvalue weighted by Crippen LogP contribution is -2.44. The molecule has 13 nitrogen and oxygen atoms in total. The van der Waals surface area contributed by atoms with Crippen molar-refractivity contribution >= 4 is 40.8 Å². The molecule has 286 valence electrons. The average Bonchev–Trinajstić information content (AvgIpc) is 3.65. The predicted octanol–water partition coefficient (Wildman–Crippen LogP) is 5.42. The molecule has 1 atom stereocenters. The Hall–Kier alpha value is -4.56. The van der Waals surface area contributed by atoms with Crippen molar-refractivity contribution in [1.82, 2.24) is 28.9 Å². The highest BCUT2D eigenvalue weighted by molar-refractivity contribution is 6.36. The highest BCUT2D eigenvalue weighted by Crippen LogP contribution is 2.40. The molecule has 2 aromatic heterocycles. The van der Waals surface area contributed by atoms with Crippen molar-refractivity contribution in [3.05, 3.63) is 81.4 Å². The number of carbonyl (C=O) groups excluding carboxylic acids is 2. The van der Waals surface area contributed by atoms with E-state index in [9.17, 15) is 24.6 Å². The maximum atomic E-state index is 13.7. The molecule has 2 aromatic carbocycles. The lowest BCUT2D eigenvalue weighted by atomic mass is 9.73. The molecule has 1 unspecified atom stereocenters. The lowest BCUT2D eigenvalue weighted by Gasteiger charge is -2.41. The summed E-state index contributed by atoms with van der Waals surface area (Å²) in [5.74, 6) is -0.771. The van der Waals surface area contributed by atoms with Gasteiger partial charge in [-0.2, -0.15) is 0 Å². The largest absolute Gasteiger partial charge is 0.481 e. The van der Waals surface area contributed by atoms with Crippen molar-refractivity contribution in [2.24, 2.45) is 19.5 Å². The van der Waals surface area contributed by atoms with Crippen LogP contribution in [0.4, 0.5) is 11.4 Å². The van der Waals surface area contributed by atoms with Crippen molar-refractivity contribution in [3.8, 4) is 11.1 Å². The number of carbonyl (C=O) groups is 3. The van der Waals surface area contributed by atoms with Gasteiger partial charge in [-0.3, -0.25) is 24.2 Å². The third-order valence-electron chi connectivity index (χ3n) is 11.8. The standard InChI is InChI=1S/C40H49ClN8O5/c1-23(50)20-48-18-14-32-30(21-48)42-35(46(32)4)37(51)44-28-10-6-8-26(24(28)2)27-9-7-11-29(34(27)41)45-38(52)36-43-31-22-49(19-15-33(31)47(36)5)25-12-16-40(3,17-13-25)39(53)54/h6-11,23,25,50H,12-22H2,1-5H3,(H,44,51)(H,45,52)(H,53,54). The Morgan fingerprint density at radius 2 is 1.44 bits per heavy atom. The number of carboxylic acid groups (broad SMARTS) is 1. The highest BCUT2D eigenvalue weighted by atomic mass is 35.5. The quantitative estimate of drug-likeness (QED) is 0.175. The number of aliphatic hydroxyl groups is 1. The number of amides is 2. The number of nitrogens with one attached hydrogen (secondary N) is 2. The molecule has 1 saturated carbocycles. The molecule has 2 aliphatic heterocycles. The highest BCUT2D eigenvalue weighted by Gasteiger charge is 2.40. The topological polar surface area (TPSA) is 158 Å². The zero-order valence-electron chi connectivity index (χ0n) is 31.6. The number of fused-ring (bicyclic) bond motifs is 2. The van der Waals surface area contributed by atoms with Gasteiger partial charge in [-0.15, -0.1) is 0 Å². The number of aliphatic carboxylic acids is 1. The fraction of sp³-hybridized carbons (Fsp3) is 0.475. The molecular formula is C40H49ClN8O5. The number of rotatable bonds is 9. The average molecular weight is 757 g/mol. The van der Waals surface area contributed by atoms with Crippen molar-refractivity contribution in [3.63, 3.8) is 0 Å². The fourth-order valence-corrected chi connectivity index (χ4v) is 8.73. The molecule has 1 fully saturated rings. The van der Waals surface area contributed by atoms with E-state index < -0.39 is 17.5 Å². The number of β-amino-alcohol motifs (C(OH)–C–C–N with tert-alkyl or cyclic N) is 1.